The maximum atomic E-state index is 12.9. The molecule has 1 saturated heterocycles. The van der Waals surface area contributed by atoms with E-state index in [4.69, 9.17) is 10.7 Å². The van der Waals surface area contributed by atoms with Crippen LogP contribution < -0.4 is 11.1 Å². The largest absolute Gasteiger partial charge is 0.350 e. The van der Waals surface area contributed by atoms with Gasteiger partial charge in [0.1, 0.15) is 0 Å². The van der Waals surface area contributed by atoms with E-state index in [1.165, 1.54) is 23.3 Å². The van der Waals surface area contributed by atoms with Crippen LogP contribution >= 0.6 is 0 Å². The summed E-state index contributed by atoms with van der Waals surface area (Å²) in [4.78, 5) is 44.7. The van der Waals surface area contributed by atoms with Crippen molar-refractivity contribution in [3.8, 4) is 0 Å². The van der Waals surface area contributed by atoms with Crippen molar-refractivity contribution >= 4 is 24.2 Å². The molecular weight excluding hydrogens is 604 g/mol. The number of hydrogen-bond donors (Lipinski definition) is 2. The summed E-state index contributed by atoms with van der Waals surface area (Å²) in [6.45, 7) is 5.61. The molecule has 252 valence electrons. The number of nitrogens with two attached hydrogens (primary N) is 1. The van der Waals surface area contributed by atoms with Crippen LogP contribution in [0.3, 0.4) is 0 Å². The zero-order valence-corrected chi connectivity index (χ0v) is 27.7. The summed E-state index contributed by atoms with van der Waals surface area (Å²) in [6, 6.07) is 27.4. The van der Waals surface area contributed by atoms with Crippen LogP contribution in [0.15, 0.2) is 101 Å². The van der Waals surface area contributed by atoms with Gasteiger partial charge in [-0.25, -0.2) is 0 Å². The minimum atomic E-state index is -0.508. The molecule has 0 aliphatic carbocycles. The maximum absolute atomic E-state index is 12.9. The van der Waals surface area contributed by atoms with Crippen molar-refractivity contribution in [2.24, 2.45) is 10.7 Å². The second-order valence-electron chi connectivity index (χ2n) is 12.7. The van der Waals surface area contributed by atoms with Crippen molar-refractivity contribution in [3.63, 3.8) is 0 Å². The number of nitro benzene ring substituents is 1. The fraction of sp³-hybridized carbons (Fsp3) is 0.395. The Morgan fingerprint density at radius 3 is 2.12 bits per heavy atom. The highest BCUT2D eigenvalue weighted by Gasteiger charge is 2.39. The second kappa shape index (κ2) is 16.4. The van der Waals surface area contributed by atoms with Gasteiger partial charge in [0, 0.05) is 29.8 Å². The molecule has 2 aliphatic rings. The molecule has 0 bridgehead atoms. The van der Waals surface area contributed by atoms with Gasteiger partial charge in [-0.3, -0.25) is 24.7 Å². The van der Waals surface area contributed by atoms with E-state index in [1.54, 1.807) is 17.0 Å². The number of unbranched alkanes of at least 4 members (excludes halogenated alkanes) is 1. The van der Waals surface area contributed by atoms with Crippen LogP contribution in [0.1, 0.15) is 68.1 Å². The third-order valence-electron chi connectivity index (χ3n) is 9.94. The zero-order valence-electron chi connectivity index (χ0n) is 27.7. The van der Waals surface area contributed by atoms with Gasteiger partial charge in [0.25, 0.3) is 5.69 Å². The summed E-state index contributed by atoms with van der Waals surface area (Å²) in [5.74, 6) is -0.445. The van der Waals surface area contributed by atoms with E-state index in [1.807, 2.05) is 6.92 Å². The Morgan fingerprint density at radius 1 is 0.958 bits per heavy atom. The molecule has 0 aromatic heterocycles. The number of amides is 2. The number of aliphatic imine (C=N–C) groups is 1. The monoisotopic (exact) mass is 650 g/mol. The number of likely N-dealkylation sites (tertiary alicyclic amines) is 1. The highest BCUT2D eigenvalue weighted by atomic mass is 16.6. The Hall–Kier alpha value is -4.67. The molecule has 1 fully saturated rings. The molecule has 2 unspecified atom stereocenters. The molecule has 3 N–H and O–H groups in total. The fourth-order valence-electron chi connectivity index (χ4n) is 7.44. The topological polar surface area (TPSA) is 134 Å². The standard InChI is InChI=1S/C38H46N6O4/c1-29-36(40-27-45)35(30-16-18-33(19-17-30)44(47)48)37(34(41-29)15-8-9-22-39)43(28-46)24-10-23-42-25-20-38(21-26-42,31-11-4-2-5-12-31)32-13-6-3-7-14-32/h2-7,11-14,16-19,27-28,35-36H,8-10,15,20-26,39H2,1H3,(H,40,45). The van der Waals surface area contributed by atoms with Crippen LogP contribution in [0.25, 0.3) is 0 Å². The third kappa shape index (κ3) is 7.72. The molecule has 0 saturated carbocycles. The summed E-state index contributed by atoms with van der Waals surface area (Å²) in [6.07, 6.45) is 6.50. The minimum Gasteiger partial charge on any atom is -0.350 e. The van der Waals surface area contributed by atoms with Gasteiger partial charge < -0.3 is 20.9 Å². The number of allylic oxidation sites excluding steroid dienone is 1. The SMILES string of the molecule is CC1=NC(CCCCN)=C(N(C=O)CCCN2CCC(c3ccccc3)(c3ccccc3)CC2)C(c2ccc([N+](=O)[O-])cc2)C1NC=O. The van der Waals surface area contributed by atoms with E-state index in [-0.39, 0.29) is 11.1 Å². The number of non-ortho nitro benzene ring substituents is 1. The van der Waals surface area contributed by atoms with Crippen LogP contribution in [-0.2, 0) is 15.0 Å². The van der Waals surface area contributed by atoms with E-state index < -0.39 is 16.9 Å². The molecule has 2 aliphatic heterocycles. The van der Waals surface area contributed by atoms with E-state index >= 15 is 0 Å². The van der Waals surface area contributed by atoms with Crippen molar-refractivity contribution in [2.75, 3.05) is 32.7 Å². The normalized spacial score (nSPS) is 19.3. The maximum Gasteiger partial charge on any atom is 0.269 e. The van der Waals surface area contributed by atoms with E-state index in [2.05, 4.69) is 70.9 Å². The Kier molecular flexibility index (Phi) is 11.9. The van der Waals surface area contributed by atoms with Crippen molar-refractivity contribution in [2.45, 2.75) is 62.8 Å². The first kappa shape index (κ1) is 34.7. The average Bonchev–Trinajstić information content (AvgIpc) is 3.12. The lowest BCUT2D eigenvalue weighted by Crippen LogP contribution is -2.46. The number of carbonyl (C=O) groups is 2. The number of rotatable bonds is 16. The second-order valence-corrected chi connectivity index (χ2v) is 12.7. The minimum absolute atomic E-state index is 0.0223. The Labute approximate surface area is 282 Å². The number of nitro groups is 1. The number of carbonyl (C=O) groups excluding carboxylic acids is 2. The molecule has 2 amide bonds. The van der Waals surface area contributed by atoms with Gasteiger partial charge >= 0.3 is 0 Å². The highest BCUT2D eigenvalue weighted by Crippen LogP contribution is 2.42. The van der Waals surface area contributed by atoms with Crippen LogP contribution in [0, 0.1) is 10.1 Å². The van der Waals surface area contributed by atoms with E-state index in [0.717, 1.165) is 80.8 Å². The fourth-order valence-corrected chi connectivity index (χ4v) is 7.44. The average molecular weight is 651 g/mol. The predicted molar refractivity (Wildman–Crippen MR) is 189 cm³/mol. The Bertz CT molecular complexity index is 1540. The van der Waals surface area contributed by atoms with Crippen LogP contribution in [0.4, 0.5) is 5.69 Å². The quantitative estimate of drug-likeness (QED) is 0.0905. The first-order valence-corrected chi connectivity index (χ1v) is 16.9. The van der Waals surface area contributed by atoms with Gasteiger partial charge in [0.15, 0.2) is 0 Å². The number of hydrogen-bond acceptors (Lipinski definition) is 7. The van der Waals surface area contributed by atoms with Gasteiger partial charge in [-0.2, -0.15) is 0 Å². The first-order valence-electron chi connectivity index (χ1n) is 16.9. The summed E-state index contributed by atoms with van der Waals surface area (Å²) < 4.78 is 0. The predicted octanol–water partition coefficient (Wildman–Crippen LogP) is 5.54. The van der Waals surface area contributed by atoms with Crippen molar-refractivity contribution in [3.05, 3.63) is 123 Å². The van der Waals surface area contributed by atoms with Crippen LogP contribution in [0.5, 0.6) is 0 Å². The Balaban J connectivity index is 1.36. The van der Waals surface area contributed by atoms with Crippen molar-refractivity contribution in [1.29, 1.82) is 0 Å². The molecule has 10 heteroatoms. The van der Waals surface area contributed by atoms with Gasteiger partial charge in [-0.1, -0.05) is 72.8 Å². The van der Waals surface area contributed by atoms with Gasteiger partial charge in [-0.15, -0.1) is 0 Å². The summed E-state index contributed by atoms with van der Waals surface area (Å²) in [7, 11) is 0. The first-order chi connectivity index (χ1) is 23.4. The molecule has 3 aromatic carbocycles. The zero-order chi connectivity index (χ0) is 33.9. The lowest BCUT2D eigenvalue weighted by molar-refractivity contribution is -0.384. The van der Waals surface area contributed by atoms with Gasteiger partial charge in [0.2, 0.25) is 12.8 Å². The lowest BCUT2D eigenvalue weighted by Gasteiger charge is -2.43. The van der Waals surface area contributed by atoms with Crippen molar-refractivity contribution < 1.29 is 14.5 Å². The third-order valence-corrected chi connectivity index (χ3v) is 9.94. The van der Waals surface area contributed by atoms with E-state index in [0.29, 0.717) is 25.9 Å². The molecular formula is C38H46N6O4. The highest BCUT2D eigenvalue weighted by molar-refractivity contribution is 5.92. The molecule has 10 nitrogen and oxygen atoms in total. The molecule has 0 radical (unpaired) electrons. The molecule has 2 heterocycles. The lowest BCUT2D eigenvalue weighted by atomic mass is 9.68. The summed E-state index contributed by atoms with van der Waals surface area (Å²) in [5.41, 5.74) is 11.4. The molecule has 2 atom stereocenters. The molecule has 0 spiro atoms. The van der Waals surface area contributed by atoms with Gasteiger partial charge in [0.05, 0.1) is 28.3 Å². The van der Waals surface area contributed by atoms with Gasteiger partial charge in [-0.05, 0) is 88.3 Å². The number of piperidine rings is 1. The van der Waals surface area contributed by atoms with Crippen molar-refractivity contribution in [1.82, 2.24) is 15.1 Å². The van der Waals surface area contributed by atoms with Crippen LogP contribution in [0.2, 0.25) is 0 Å². The number of nitrogens with zero attached hydrogens (tertiary/aromatic N) is 4. The molecule has 5 rings (SSSR count). The smallest absolute Gasteiger partial charge is 0.269 e. The summed E-state index contributed by atoms with van der Waals surface area (Å²) in [5, 5.41) is 14.3. The number of benzene rings is 3. The summed E-state index contributed by atoms with van der Waals surface area (Å²) >= 11 is 0. The molecule has 3 aromatic rings. The number of nitrogens with one attached hydrogen (secondary N) is 1. The molecule has 48 heavy (non-hydrogen) atoms. The van der Waals surface area contributed by atoms with E-state index in [9.17, 15) is 19.7 Å². The Morgan fingerprint density at radius 2 is 1.58 bits per heavy atom. The van der Waals surface area contributed by atoms with Crippen LogP contribution in [-0.4, -0.2) is 72.0 Å².